The second kappa shape index (κ2) is 4.88. The number of carbonyl (C=O) groups is 1. The number of alkyl halides is 5. The number of benzene rings is 1. The van der Waals surface area contributed by atoms with Crippen LogP contribution in [0.3, 0.4) is 0 Å². The molecule has 0 N–H and O–H groups in total. The van der Waals surface area contributed by atoms with Crippen LogP contribution in [-0.2, 0) is 10.7 Å². The molecule has 0 aromatic heterocycles. The van der Waals surface area contributed by atoms with Gasteiger partial charge in [-0.15, -0.1) is 0 Å². The quantitative estimate of drug-likeness (QED) is 0.597. The maximum Gasteiger partial charge on any atom is 0.458 e. The molecular weight excluding hydrogens is 255 g/mol. The van der Waals surface area contributed by atoms with Crippen LogP contribution in [0.1, 0.15) is 18.1 Å². The van der Waals surface area contributed by atoms with E-state index in [0.29, 0.717) is 17.7 Å². The molecule has 0 heterocycles. The summed E-state index contributed by atoms with van der Waals surface area (Å²) in [5, 5.41) is 0. The van der Waals surface area contributed by atoms with Crippen molar-refractivity contribution in [1.82, 2.24) is 0 Å². The summed E-state index contributed by atoms with van der Waals surface area (Å²) < 4.78 is 62.0. The van der Waals surface area contributed by atoms with Crippen LogP contribution in [0.5, 0.6) is 0 Å². The Balaban J connectivity index is 3.00. The largest absolute Gasteiger partial charge is 0.458 e. The van der Waals surface area contributed by atoms with E-state index >= 15 is 0 Å². The van der Waals surface area contributed by atoms with Gasteiger partial charge in [0.1, 0.15) is 0 Å². The van der Waals surface area contributed by atoms with E-state index in [1.807, 2.05) is 0 Å². The predicted molar refractivity (Wildman–Crippen MR) is 56.1 cm³/mol. The lowest BCUT2D eigenvalue weighted by molar-refractivity contribution is -0.289. The molecule has 0 spiro atoms. The van der Waals surface area contributed by atoms with Gasteiger partial charge in [0.2, 0.25) is 0 Å². The van der Waals surface area contributed by atoms with E-state index in [2.05, 4.69) is 0 Å². The van der Waals surface area contributed by atoms with Crippen LogP contribution < -0.4 is 0 Å². The fourth-order valence-electron chi connectivity index (χ4n) is 1.18. The lowest BCUT2D eigenvalue weighted by atomic mass is 10.1. The van der Waals surface area contributed by atoms with Crippen molar-refractivity contribution in [2.24, 2.45) is 0 Å². The summed E-state index contributed by atoms with van der Waals surface area (Å²) in [7, 11) is 0. The first-order chi connectivity index (χ1) is 8.14. The minimum absolute atomic E-state index is 0.250. The van der Waals surface area contributed by atoms with Gasteiger partial charge in [0, 0.05) is 5.56 Å². The van der Waals surface area contributed by atoms with Gasteiger partial charge in [-0.25, -0.2) is 0 Å². The average molecular weight is 264 g/mol. The second-order valence-electron chi connectivity index (χ2n) is 3.64. The first kappa shape index (κ1) is 14.3. The highest BCUT2D eigenvalue weighted by atomic mass is 19.4. The highest BCUT2D eigenvalue weighted by Gasteiger charge is 2.58. The van der Waals surface area contributed by atoms with Gasteiger partial charge in [0.25, 0.3) is 0 Å². The summed E-state index contributed by atoms with van der Waals surface area (Å²) in [6.07, 6.45) is -3.10. The topological polar surface area (TPSA) is 17.1 Å². The van der Waals surface area contributed by atoms with E-state index in [-0.39, 0.29) is 5.78 Å². The van der Waals surface area contributed by atoms with Crippen molar-refractivity contribution in [3.05, 3.63) is 41.5 Å². The zero-order chi connectivity index (χ0) is 14.0. The molecule has 18 heavy (non-hydrogen) atoms. The van der Waals surface area contributed by atoms with Crippen molar-refractivity contribution in [3.63, 3.8) is 0 Å². The van der Waals surface area contributed by atoms with Crippen molar-refractivity contribution in [3.8, 4) is 0 Å². The van der Waals surface area contributed by atoms with Gasteiger partial charge >= 0.3 is 12.1 Å². The van der Waals surface area contributed by atoms with E-state index in [9.17, 15) is 26.7 Å². The zero-order valence-electron chi connectivity index (χ0n) is 9.26. The molecule has 1 rings (SSSR count). The number of hydrogen-bond donors (Lipinski definition) is 0. The molecule has 1 nitrogen and oxygen atoms in total. The second-order valence-corrected chi connectivity index (χ2v) is 3.64. The van der Waals surface area contributed by atoms with Crippen LogP contribution in [0.25, 0.3) is 6.08 Å². The Bertz CT molecular complexity index is 456. The van der Waals surface area contributed by atoms with E-state index in [1.165, 1.54) is 19.1 Å². The van der Waals surface area contributed by atoms with Gasteiger partial charge in [0.15, 0.2) is 5.78 Å². The Kier molecular flexibility index (Phi) is 3.88. The van der Waals surface area contributed by atoms with Crippen LogP contribution in [-0.4, -0.2) is 12.0 Å². The van der Waals surface area contributed by atoms with E-state index in [1.54, 1.807) is 0 Å². The van der Waals surface area contributed by atoms with Crippen LogP contribution in [0, 0.1) is 0 Å². The summed E-state index contributed by atoms with van der Waals surface area (Å²) >= 11 is 0. The van der Waals surface area contributed by atoms with Crippen LogP contribution >= 0.6 is 0 Å². The summed E-state index contributed by atoms with van der Waals surface area (Å²) in [6.45, 7) is 1.29. The fraction of sp³-hybridized carbons (Fsp3) is 0.250. The third-order valence-electron chi connectivity index (χ3n) is 2.14. The van der Waals surface area contributed by atoms with Crippen molar-refractivity contribution in [2.75, 3.05) is 0 Å². The molecule has 0 saturated heterocycles. The van der Waals surface area contributed by atoms with Crippen LogP contribution in [0.4, 0.5) is 22.0 Å². The lowest BCUT2D eigenvalue weighted by Crippen LogP contribution is -2.33. The standard InChI is InChI=1S/C12H9F5O/c1-8(18)2-3-9-4-6-10(7-5-9)11(13,14)12(15,16)17/h2-7H,1H3. The smallest absolute Gasteiger partial charge is 0.295 e. The van der Waals surface area contributed by atoms with E-state index < -0.39 is 17.7 Å². The Morgan fingerprint density at radius 1 is 1.06 bits per heavy atom. The van der Waals surface area contributed by atoms with Gasteiger partial charge in [-0.1, -0.05) is 30.3 Å². The predicted octanol–water partition coefficient (Wildman–Crippen LogP) is 3.94. The van der Waals surface area contributed by atoms with Gasteiger partial charge in [-0.3, -0.25) is 4.79 Å². The lowest BCUT2D eigenvalue weighted by Gasteiger charge is -2.19. The van der Waals surface area contributed by atoms with Gasteiger partial charge in [-0.05, 0) is 18.6 Å². The maximum atomic E-state index is 12.9. The fourth-order valence-corrected chi connectivity index (χ4v) is 1.18. The van der Waals surface area contributed by atoms with Gasteiger partial charge in [-0.2, -0.15) is 22.0 Å². The van der Waals surface area contributed by atoms with Crippen LogP contribution in [0.2, 0.25) is 0 Å². The molecule has 98 valence electrons. The maximum absolute atomic E-state index is 12.9. The molecule has 1 aromatic carbocycles. The Morgan fingerprint density at radius 2 is 1.56 bits per heavy atom. The van der Waals surface area contributed by atoms with E-state index in [4.69, 9.17) is 0 Å². The Morgan fingerprint density at radius 3 is 1.94 bits per heavy atom. The van der Waals surface area contributed by atoms with Crippen LogP contribution in [0.15, 0.2) is 30.3 Å². The molecule has 0 aliphatic rings. The minimum Gasteiger partial charge on any atom is -0.295 e. The Labute approximate surface area is 99.9 Å². The molecule has 0 atom stereocenters. The third kappa shape index (κ3) is 3.15. The number of carbonyl (C=O) groups excluding carboxylic acids is 1. The van der Waals surface area contributed by atoms with Crippen molar-refractivity contribution in [2.45, 2.75) is 19.0 Å². The molecule has 0 saturated carbocycles. The third-order valence-corrected chi connectivity index (χ3v) is 2.14. The summed E-state index contributed by atoms with van der Waals surface area (Å²) in [5.74, 6) is -5.13. The number of rotatable bonds is 3. The zero-order valence-corrected chi connectivity index (χ0v) is 9.26. The number of hydrogen-bond acceptors (Lipinski definition) is 1. The first-order valence-electron chi connectivity index (χ1n) is 4.88. The molecule has 0 fully saturated rings. The van der Waals surface area contributed by atoms with E-state index in [0.717, 1.165) is 12.1 Å². The minimum atomic E-state index is -5.62. The monoisotopic (exact) mass is 264 g/mol. The normalized spacial score (nSPS) is 13.0. The SMILES string of the molecule is CC(=O)C=Cc1ccc(C(F)(F)C(F)(F)F)cc1. The van der Waals surface area contributed by atoms with Crippen molar-refractivity contribution >= 4 is 11.9 Å². The van der Waals surface area contributed by atoms with Crippen molar-refractivity contribution < 1.29 is 26.7 Å². The summed E-state index contributed by atoms with van der Waals surface area (Å²) in [4.78, 5) is 10.6. The molecule has 0 radical (unpaired) electrons. The van der Waals surface area contributed by atoms with Crippen molar-refractivity contribution in [1.29, 1.82) is 0 Å². The molecule has 0 unspecified atom stereocenters. The highest BCUT2D eigenvalue weighted by molar-refractivity contribution is 5.91. The number of ketones is 1. The first-order valence-corrected chi connectivity index (χ1v) is 4.88. The molecular formula is C12H9F5O. The highest BCUT2D eigenvalue weighted by Crippen LogP contribution is 2.43. The molecule has 1 aromatic rings. The Hall–Kier alpha value is -1.72. The summed E-state index contributed by atoms with van der Waals surface area (Å²) in [6, 6.07) is 3.56. The molecule has 0 aliphatic heterocycles. The molecule has 0 aliphatic carbocycles. The average Bonchev–Trinajstić information content (AvgIpc) is 2.25. The van der Waals surface area contributed by atoms with Gasteiger partial charge < -0.3 is 0 Å². The number of halogens is 5. The number of allylic oxidation sites excluding steroid dienone is 1. The molecule has 6 heteroatoms. The molecule has 0 amide bonds. The summed E-state index contributed by atoms with van der Waals surface area (Å²) in [5.41, 5.74) is -0.762. The van der Waals surface area contributed by atoms with Gasteiger partial charge in [0.05, 0.1) is 0 Å². The molecule has 0 bridgehead atoms.